The lowest BCUT2D eigenvalue weighted by molar-refractivity contribution is -0.323. The Labute approximate surface area is 111 Å². The monoisotopic (exact) mass is 266 g/mol. The molecule has 0 amide bonds. The molecular weight excluding hydrogens is 248 g/mol. The van der Waals surface area contributed by atoms with Gasteiger partial charge in [-0.1, -0.05) is 13.2 Å². The molecule has 0 radical (unpaired) electrons. The molecule has 104 valence electrons. The number of rotatable bonds is 1. The smallest absolute Gasteiger partial charge is 0.334 e. The van der Waals surface area contributed by atoms with Crippen molar-refractivity contribution >= 4 is 5.97 Å². The van der Waals surface area contributed by atoms with E-state index in [1.165, 1.54) is 0 Å². The second-order valence-electron chi connectivity index (χ2n) is 5.81. The number of carbonyl (C=O) groups is 1. The third-order valence-electron chi connectivity index (χ3n) is 5.01. The molecule has 3 aliphatic rings. The van der Waals surface area contributed by atoms with Crippen LogP contribution in [0.2, 0.25) is 0 Å². The molecule has 1 heterocycles. The molecule has 0 aromatic carbocycles. The van der Waals surface area contributed by atoms with E-state index in [2.05, 4.69) is 13.2 Å². The highest BCUT2D eigenvalue weighted by molar-refractivity contribution is 5.90. The number of esters is 1. The summed E-state index contributed by atoms with van der Waals surface area (Å²) in [5.41, 5.74) is 0.230. The van der Waals surface area contributed by atoms with Crippen molar-refractivity contribution < 1.29 is 24.8 Å². The van der Waals surface area contributed by atoms with Crippen molar-refractivity contribution in [2.75, 3.05) is 0 Å². The first kappa shape index (κ1) is 12.8. The summed E-state index contributed by atoms with van der Waals surface area (Å²) < 4.78 is 5.30. The zero-order valence-corrected chi connectivity index (χ0v) is 10.7. The van der Waals surface area contributed by atoms with Gasteiger partial charge in [-0.15, -0.1) is 0 Å². The molecule has 2 N–H and O–H groups in total. The molecule has 3 rings (SSSR count). The molecule has 5 heteroatoms. The molecule has 0 bridgehead atoms. The predicted molar refractivity (Wildman–Crippen MR) is 66.1 cm³/mol. The second kappa shape index (κ2) is 4.16. The average Bonchev–Trinajstić information content (AvgIpc) is 2.79. The lowest BCUT2D eigenvalue weighted by atomic mass is 9.80. The molecular formula is C14H18O5. The highest BCUT2D eigenvalue weighted by Gasteiger charge is 2.57. The van der Waals surface area contributed by atoms with E-state index in [0.29, 0.717) is 36.8 Å². The number of aliphatic hydroxyl groups is 1. The van der Waals surface area contributed by atoms with Crippen LogP contribution in [0.15, 0.2) is 24.3 Å². The van der Waals surface area contributed by atoms with Gasteiger partial charge < -0.3 is 9.84 Å². The summed E-state index contributed by atoms with van der Waals surface area (Å²) in [6.45, 7) is 7.77. The first-order valence-corrected chi connectivity index (χ1v) is 6.58. The highest BCUT2D eigenvalue weighted by Crippen LogP contribution is 2.53. The first-order valence-electron chi connectivity index (χ1n) is 6.58. The van der Waals surface area contributed by atoms with Gasteiger partial charge in [0.2, 0.25) is 0 Å². The van der Waals surface area contributed by atoms with E-state index in [-0.39, 0.29) is 23.9 Å². The Kier molecular flexibility index (Phi) is 2.81. The molecule has 2 saturated carbocycles. The van der Waals surface area contributed by atoms with Gasteiger partial charge in [0.1, 0.15) is 11.7 Å². The van der Waals surface area contributed by atoms with Crippen LogP contribution in [0.3, 0.4) is 0 Å². The van der Waals surface area contributed by atoms with Gasteiger partial charge in [0.25, 0.3) is 0 Å². The van der Waals surface area contributed by atoms with Gasteiger partial charge in [-0.05, 0) is 24.8 Å². The largest absolute Gasteiger partial charge is 0.458 e. The number of aliphatic hydroxyl groups excluding tert-OH is 1. The van der Waals surface area contributed by atoms with Gasteiger partial charge in [-0.3, -0.25) is 5.26 Å². The summed E-state index contributed by atoms with van der Waals surface area (Å²) in [5.74, 6) is -0.766. The first-order chi connectivity index (χ1) is 8.99. The predicted octanol–water partition coefficient (Wildman–Crippen LogP) is 1.43. The minimum atomic E-state index is -0.906. The number of hydrogen-bond donors (Lipinski definition) is 2. The molecule has 0 aromatic heterocycles. The third kappa shape index (κ3) is 1.62. The van der Waals surface area contributed by atoms with Crippen molar-refractivity contribution in [3.63, 3.8) is 0 Å². The Morgan fingerprint density at radius 2 is 2.16 bits per heavy atom. The van der Waals surface area contributed by atoms with Crippen LogP contribution in [0.1, 0.15) is 25.7 Å². The summed E-state index contributed by atoms with van der Waals surface area (Å²) >= 11 is 0. The number of carbonyl (C=O) groups excluding carboxylic acids is 1. The fraction of sp³-hybridized carbons (Fsp3) is 0.643. The maximum atomic E-state index is 11.6. The van der Waals surface area contributed by atoms with Gasteiger partial charge in [-0.25, -0.2) is 9.68 Å². The van der Waals surface area contributed by atoms with Crippen LogP contribution in [0.4, 0.5) is 0 Å². The lowest BCUT2D eigenvalue weighted by Gasteiger charge is -2.33. The summed E-state index contributed by atoms with van der Waals surface area (Å²) in [5, 5.41) is 19.5. The fourth-order valence-electron chi connectivity index (χ4n) is 3.86. The van der Waals surface area contributed by atoms with Crippen LogP contribution >= 0.6 is 0 Å². The normalized spacial score (nSPS) is 45.7. The van der Waals surface area contributed by atoms with Crippen molar-refractivity contribution in [3.8, 4) is 0 Å². The zero-order chi connectivity index (χ0) is 13.8. The van der Waals surface area contributed by atoms with E-state index in [1.54, 1.807) is 0 Å². The van der Waals surface area contributed by atoms with E-state index in [0.717, 1.165) is 0 Å². The van der Waals surface area contributed by atoms with Crippen LogP contribution in [0.25, 0.3) is 0 Å². The SMILES string of the molecule is C=C1C(=O)O[C@@H]2CC(=C)[C@@]3(OO)CC[C@@H](O)[C@@H]3CC12. The van der Waals surface area contributed by atoms with Gasteiger partial charge in [0.15, 0.2) is 0 Å². The molecule has 2 aliphatic carbocycles. The standard InChI is InChI=1S/C14H18O5/c1-7-5-12-9(8(2)13(16)18-12)6-10-11(15)3-4-14(7,10)19-17/h9-12,15,17H,1-6H2/t9?,10-,11+,12+,14-/m0/s1. The highest BCUT2D eigenvalue weighted by atomic mass is 17.1. The topological polar surface area (TPSA) is 76.0 Å². The van der Waals surface area contributed by atoms with E-state index >= 15 is 0 Å². The molecule has 1 unspecified atom stereocenters. The average molecular weight is 266 g/mol. The number of hydrogen-bond acceptors (Lipinski definition) is 5. The van der Waals surface area contributed by atoms with E-state index in [4.69, 9.17) is 9.62 Å². The molecule has 0 aromatic rings. The van der Waals surface area contributed by atoms with E-state index < -0.39 is 11.7 Å². The zero-order valence-electron chi connectivity index (χ0n) is 10.7. The molecule has 0 spiro atoms. The van der Waals surface area contributed by atoms with Crippen LogP contribution in [-0.2, 0) is 14.4 Å². The molecule has 19 heavy (non-hydrogen) atoms. The molecule has 5 atom stereocenters. The van der Waals surface area contributed by atoms with Crippen LogP contribution in [0.5, 0.6) is 0 Å². The van der Waals surface area contributed by atoms with Crippen LogP contribution in [0, 0.1) is 11.8 Å². The Hall–Kier alpha value is -1.17. The fourth-order valence-corrected chi connectivity index (χ4v) is 3.86. The Morgan fingerprint density at radius 1 is 1.42 bits per heavy atom. The summed E-state index contributed by atoms with van der Waals surface area (Å²) in [4.78, 5) is 16.4. The molecule has 5 nitrogen and oxygen atoms in total. The van der Waals surface area contributed by atoms with Gasteiger partial charge in [0, 0.05) is 23.8 Å². The summed E-state index contributed by atoms with van der Waals surface area (Å²) in [7, 11) is 0. The number of ether oxygens (including phenoxy) is 1. The van der Waals surface area contributed by atoms with Crippen molar-refractivity contribution in [3.05, 3.63) is 24.3 Å². The summed E-state index contributed by atoms with van der Waals surface area (Å²) in [6, 6.07) is 0. The van der Waals surface area contributed by atoms with Crippen molar-refractivity contribution in [2.24, 2.45) is 11.8 Å². The van der Waals surface area contributed by atoms with Gasteiger partial charge >= 0.3 is 5.97 Å². The Morgan fingerprint density at radius 3 is 2.84 bits per heavy atom. The van der Waals surface area contributed by atoms with E-state index in [1.807, 2.05) is 0 Å². The Bertz CT molecular complexity index is 457. The molecule has 3 fully saturated rings. The minimum absolute atomic E-state index is 0.126. The quantitative estimate of drug-likeness (QED) is 0.247. The van der Waals surface area contributed by atoms with Crippen molar-refractivity contribution in [1.29, 1.82) is 0 Å². The molecule has 1 saturated heterocycles. The van der Waals surface area contributed by atoms with E-state index in [9.17, 15) is 15.2 Å². The minimum Gasteiger partial charge on any atom is -0.458 e. The van der Waals surface area contributed by atoms with Crippen LogP contribution in [-0.4, -0.2) is 34.1 Å². The maximum Gasteiger partial charge on any atom is 0.334 e. The Balaban J connectivity index is 1.98. The van der Waals surface area contributed by atoms with Crippen molar-refractivity contribution in [1.82, 2.24) is 0 Å². The number of fused-ring (bicyclic) bond motifs is 2. The van der Waals surface area contributed by atoms with Crippen molar-refractivity contribution in [2.45, 2.75) is 43.5 Å². The maximum absolute atomic E-state index is 11.6. The lowest BCUT2D eigenvalue weighted by Crippen LogP contribution is -2.40. The summed E-state index contributed by atoms with van der Waals surface area (Å²) in [6.07, 6.45) is 1.20. The van der Waals surface area contributed by atoms with Crippen LogP contribution < -0.4 is 0 Å². The van der Waals surface area contributed by atoms with Gasteiger partial charge in [-0.2, -0.15) is 0 Å². The third-order valence-corrected chi connectivity index (χ3v) is 5.01. The molecule has 1 aliphatic heterocycles. The second-order valence-corrected chi connectivity index (χ2v) is 5.81. The van der Waals surface area contributed by atoms with Gasteiger partial charge in [0.05, 0.1) is 6.10 Å².